The molecule has 0 heterocycles. The van der Waals surface area contributed by atoms with Gasteiger partial charge in [-0.15, -0.1) is 0 Å². The molecule has 0 aliphatic heterocycles. The number of rotatable bonds is 6. The molecule has 0 saturated carbocycles. The Kier molecular flexibility index (Phi) is 5.41. The van der Waals surface area contributed by atoms with Gasteiger partial charge in [-0.3, -0.25) is 10.1 Å². The number of nitrogens with zero attached hydrogens (tertiary/aromatic N) is 1. The van der Waals surface area contributed by atoms with E-state index in [1.807, 2.05) is 6.92 Å². The highest BCUT2D eigenvalue weighted by Gasteiger charge is 2.20. The highest BCUT2D eigenvalue weighted by molar-refractivity contribution is 9.10. The first-order valence-corrected chi connectivity index (χ1v) is 7.66. The van der Waals surface area contributed by atoms with E-state index >= 15 is 0 Å². The van der Waals surface area contributed by atoms with Gasteiger partial charge in [0.2, 0.25) is 10.0 Å². The first-order valence-electron chi connectivity index (χ1n) is 5.39. The van der Waals surface area contributed by atoms with Gasteiger partial charge in [-0.1, -0.05) is 0 Å². The zero-order valence-corrected chi connectivity index (χ0v) is 12.8. The van der Waals surface area contributed by atoms with Gasteiger partial charge in [0, 0.05) is 29.2 Å². The molecule has 0 saturated heterocycles. The number of sulfonamides is 1. The Morgan fingerprint density at radius 1 is 1.47 bits per heavy atom. The SMILES string of the molecule is CNC(C)CNS(=O)(=O)c1ccc([N+](=O)[O-])cc1Br. The van der Waals surface area contributed by atoms with Crippen LogP contribution in [0.1, 0.15) is 6.92 Å². The van der Waals surface area contributed by atoms with Crippen molar-refractivity contribution in [2.45, 2.75) is 17.9 Å². The lowest BCUT2D eigenvalue weighted by molar-refractivity contribution is -0.385. The number of nitrogens with one attached hydrogen (secondary N) is 2. The van der Waals surface area contributed by atoms with Crippen molar-refractivity contribution < 1.29 is 13.3 Å². The van der Waals surface area contributed by atoms with Crippen LogP contribution < -0.4 is 10.0 Å². The van der Waals surface area contributed by atoms with Gasteiger partial charge in [0.1, 0.15) is 0 Å². The molecule has 0 aromatic heterocycles. The van der Waals surface area contributed by atoms with Crippen LogP contribution in [0.2, 0.25) is 0 Å². The predicted octanol–water partition coefficient (Wildman–Crippen LogP) is 1.24. The number of nitro groups is 1. The van der Waals surface area contributed by atoms with Crippen molar-refractivity contribution in [3.8, 4) is 0 Å². The third-order valence-electron chi connectivity index (χ3n) is 2.49. The number of non-ortho nitro benzene ring substituents is 1. The number of nitro benzene ring substituents is 1. The Labute approximate surface area is 119 Å². The zero-order valence-electron chi connectivity index (χ0n) is 10.4. The second-order valence-electron chi connectivity index (χ2n) is 3.91. The molecule has 1 atom stereocenters. The first-order chi connectivity index (χ1) is 8.77. The molecule has 19 heavy (non-hydrogen) atoms. The fourth-order valence-corrected chi connectivity index (χ4v) is 3.43. The largest absolute Gasteiger partial charge is 0.316 e. The van der Waals surface area contributed by atoms with Crippen LogP contribution in [0.3, 0.4) is 0 Å². The molecule has 106 valence electrons. The van der Waals surface area contributed by atoms with Gasteiger partial charge in [0.15, 0.2) is 0 Å². The number of halogens is 1. The molecule has 1 aromatic carbocycles. The maximum atomic E-state index is 12.0. The van der Waals surface area contributed by atoms with Crippen LogP contribution in [0.15, 0.2) is 27.6 Å². The Bertz CT molecular complexity index is 576. The monoisotopic (exact) mass is 351 g/mol. The minimum absolute atomic E-state index is 0.0217. The molecule has 9 heteroatoms. The molecule has 7 nitrogen and oxygen atoms in total. The van der Waals surface area contributed by atoms with Crippen molar-refractivity contribution in [3.05, 3.63) is 32.8 Å². The second-order valence-corrected chi connectivity index (χ2v) is 6.50. The number of benzene rings is 1. The predicted molar refractivity (Wildman–Crippen MR) is 74.5 cm³/mol. The lowest BCUT2D eigenvalue weighted by Gasteiger charge is -2.12. The summed E-state index contributed by atoms with van der Waals surface area (Å²) in [5.41, 5.74) is -0.172. The summed E-state index contributed by atoms with van der Waals surface area (Å²) in [7, 11) is -1.98. The molecule has 0 radical (unpaired) electrons. The van der Waals surface area contributed by atoms with Crippen molar-refractivity contribution in [2.24, 2.45) is 0 Å². The summed E-state index contributed by atoms with van der Waals surface area (Å²) < 4.78 is 26.6. The van der Waals surface area contributed by atoms with Gasteiger partial charge < -0.3 is 5.32 Å². The molecule has 1 unspecified atom stereocenters. The average Bonchev–Trinajstić information content (AvgIpc) is 2.35. The minimum Gasteiger partial charge on any atom is -0.316 e. The molecular weight excluding hydrogens is 338 g/mol. The van der Waals surface area contributed by atoms with Gasteiger partial charge in [-0.25, -0.2) is 13.1 Å². The van der Waals surface area contributed by atoms with Crippen molar-refractivity contribution in [1.82, 2.24) is 10.0 Å². The fraction of sp³-hybridized carbons (Fsp3) is 0.400. The topological polar surface area (TPSA) is 101 Å². The normalized spacial score (nSPS) is 13.2. The summed E-state index contributed by atoms with van der Waals surface area (Å²) in [6.07, 6.45) is 0. The van der Waals surface area contributed by atoms with Crippen LogP contribution in [0, 0.1) is 10.1 Å². The van der Waals surface area contributed by atoms with Crippen molar-refractivity contribution in [1.29, 1.82) is 0 Å². The highest BCUT2D eigenvalue weighted by Crippen LogP contribution is 2.26. The molecule has 0 aliphatic rings. The van der Waals surface area contributed by atoms with Crippen LogP contribution >= 0.6 is 15.9 Å². The Morgan fingerprint density at radius 3 is 2.58 bits per heavy atom. The molecule has 2 N–H and O–H groups in total. The van der Waals surface area contributed by atoms with Crippen LogP contribution in [0.25, 0.3) is 0 Å². The molecule has 1 aromatic rings. The number of hydrogen-bond donors (Lipinski definition) is 2. The summed E-state index contributed by atoms with van der Waals surface area (Å²) in [5, 5.41) is 13.5. The van der Waals surface area contributed by atoms with Crippen LogP contribution in [-0.2, 0) is 10.0 Å². The minimum atomic E-state index is -3.70. The van der Waals surface area contributed by atoms with Crippen LogP contribution in [0.4, 0.5) is 5.69 Å². The summed E-state index contributed by atoms with van der Waals surface area (Å²) in [5.74, 6) is 0. The van der Waals surface area contributed by atoms with E-state index in [1.165, 1.54) is 6.07 Å². The smallest absolute Gasteiger partial charge is 0.270 e. The molecule has 0 bridgehead atoms. The zero-order chi connectivity index (χ0) is 14.6. The molecule has 1 rings (SSSR count). The third kappa shape index (κ3) is 4.23. The average molecular weight is 352 g/mol. The maximum Gasteiger partial charge on any atom is 0.270 e. The van der Waals surface area contributed by atoms with Crippen LogP contribution in [-0.4, -0.2) is 33.0 Å². The lowest BCUT2D eigenvalue weighted by atomic mass is 10.3. The number of likely N-dealkylation sites (N-methyl/N-ethyl adjacent to an activating group) is 1. The first kappa shape index (κ1) is 16.0. The molecule has 0 spiro atoms. The summed E-state index contributed by atoms with van der Waals surface area (Å²) in [6, 6.07) is 3.50. The quantitative estimate of drug-likeness (QED) is 0.593. The fourth-order valence-electron chi connectivity index (χ4n) is 1.24. The second kappa shape index (κ2) is 6.42. The van der Waals surface area contributed by atoms with Gasteiger partial charge >= 0.3 is 0 Å². The Hall–Kier alpha value is -1.03. The third-order valence-corrected chi connectivity index (χ3v) is 4.89. The Morgan fingerprint density at radius 2 is 2.11 bits per heavy atom. The van der Waals surface area contributed by atoms with E-state index in [1.54, 1.807) is 7.05 Å². The van der Waals surface area contributed by atoms with E-state index in [4.69, 9.17) is 0 Å². The van der Waals surface area contributed by atoms with Gasteiger partial charge in [-0.2, -0.15) is 0 Å². The van der Waals surface area contributed by atoms with Gasteiger partial charge in [0.25, 0.3) is 5.69 Å². The summed E-state index contributed by atoms with van der Waals surface area (Å²) in [6.45, 7) is 2.05. The van der Waals surface area contributed by atoms with E-state index in [9.17, 15) is 18.5 Å². The molecular formula is C10H14BrN3O4S. The summed E-state index contributed by atoms with van der Waals surface area (Å²) in [4.78, 5) is 9.97. The number of hydrogen-bond acceptors (Lipinski definition) is 5. The highest BCUT2D eigenvalue weighted by atomic mass is 79.9. The maximum absolute atomic E-state index is 12.0. The molecule has 0 fully saturated rings. The standard InChI is InChI=1S/C10H14BrN3O4S/c1-7(12-2)6-13-19(17,18)10-4-3-8(14(15)16)5-9(10)11/h3-5,7,12-13H,6H2,1-2H3. The molecule has 0 aliphatic carbocycles. The molecule has 0 amide bonds. The van der Waals surface area contributed by atoms with Crippen molar-refractivity contribution in [2.75, 3.05) is 13.6 Å². The van der Waals surface area contributed by atoms with E-state index in [0.717, 1.165) is 12.1 Å². The lowest BCUT2D eigenvalue weighted by Crippen LogP contribution is -2.37. The van der Waals surface area contributed by atoms with Crippen molar-refractivity contribution in [3.63, 3.8) is 0 Å². The van der Waals surface area contributed by atoms with E-state index in [2.05, 4.69) is 26.0 Å². The van der Waals surface area contributed by atoms with Crippen molar-refractivity contribution >= 4 is 31.6 Å². The Balaban J connectivity index is 2.99. The van der Waals surface area contributed by atoms with Crippen LogP contribution in [0.5, 0.6) is 0 Å². The van der Waals surface area contributed by atoms with E-state index in [0.29, 0.717) is 0 Å². The summed E-state index contributed by atoms with van der Waals surface area (Å²) >= 11 is 3.04. The van der Waals surface area contributed by atoms with E-state index in [-0.39, 0.29) is 27.6 Å². The van der Waals surface area contributed by atoms with E-state index < -0.39 is 14.9 Å². The van der Waals surface area contributed by atoms with Gasteiger partial charge in [0.05, 0.1) is 9.82 Å². The van der Waals surface area contributed by atoms with Gasteiger partial charge in [-0.05, 0) is 36.0 Å².